The fourth-order valence-corrected chi connectivity index (χ4v) is 6.21. The van der Waals surface area contributed by atoms with E-state index in [0.29, 0.717) is 17.2 Å². The van der Waals surface area contributed by atoms with Gasteiger partial charge in [0.1, 0.15) is 5.75 Å². The van der Waals surface area contributed by atoms with Gasteiger partial charge >= 0.3 is 0 Å². The third-order valence-corrected chi connectivity index (χ3v) is 6.54. The van der Waals surface area contributed by atoms with Crippen molar-refractivity contribution >= 4 is 12.4 Å². The summed E-state index contributed by atoms with van der Waals surface area (Å²) in [5.41, 5.74) is 1.65. The van der Waals surface area contributed by atoms with Gasteiger partial charge in [-0.25, -0.2) is 0 Å². The second kappa shape index (κ2) is 6.64. The Bertz CT molecular complexity index is 509. The molecule has 4 fully saturated rings. The van der Waals surface area contributed by atoms with Crippen molar-refractivity contribution in [2.45, 2.75) is 64.5 Å². The molecule has 5 rings (SSSR count). The molecule has 0 saturated heterocycles. The maximum Gasteiger partial charge on any atom is 0.120 e. The van der Waals surface area contributed by atoms with Crippen molar-refractivity contribution in [3.8, 4) is 5.75 Å². The molecule has 4 aliphatic carbocycles. The van der Waals surface area contributed by atoms with E-state index in [-0.39, 0.29) is 12.4 Å². The van der Waals surface area contributed by atoms with Gasteiger partial charge in [0.25, 0.3) is 0 Å². The predicted octanol–water partition coefficient (Wildman–Crippen LogP) is 4.90. The minimum atomic E-state index is 0. The smallest absolute Gasteiger partial charge is 0.120 e. The van der Waals surface area contributed by atoms with E-state index in [9.17, 15) is 5.11 Å². The Hall–Kier alpha value is -0.730. The van der Waals surface area contributed by atoms with Gasteiger partial charge < -0.3 is 10.4 Å². The molecule has 4 aliphatic rings. The van der Waals surface area contributed by atoms with E-state index in [1.165, 1.54) is 44.9 Å². The fourth-order valence-electron chi connectivity index (χ4n) is 6.21. The van der Waals surface area contributed by atoms with Crippen LogP contribution in [0.15, 0.2) is 24.3 Å². The molecule has 4 bridgehead atoms. The van der Waals surface area contributed by atoms with Gasteiger partial charge in [0, 0.05) is 18.2 Å². The molecule has 128 valence electrons. The summed E-state index contributed by atoms with van der Waals surface area (Å²) in [5, 5.41) is 13.5. The zero-order valence-corrected chi connectivity index (χ0v) is 14.9. The average Bonchev–Trinajstić information content (AvgIpc) is 2.44. The summed E-state index contributed by atoms with van der Waals surface area (Å²) >= 11 is 0. The molecule has 0 radical (unpaired) electrons. The zero-order valence-electron chi connectivity index (χ0n) is 14.1. The second-order valence-electron chi connectivity index (χ2n) is 8.53. The Kier molecular flexibility index (Phi) is 4.94. The lowest BCUT2D eigenvalue weighted by molar-refractivity contribution is -0.0612. The molecule has 3 heteroatoms. The number of phenolic OH excluding ortho intramolecular Hbond substituents is 1. The molecule has 1 unspecified atom stereocenters. The van der Waals surface area contributed by atoms with Crippen molar-refractivity contribution in [2.24, 2.45) is 23.2 Å². The van der Waals surface area contributed by atoms with Crippen LogP contribution in [0.4, 0.5) is 0 Å². The number of phenols is 1. The highest BCUT2D eigenvalue weighted by atomic mass is 35.5. The van der Waals surface area contributed by atoms with Crippen molar-refractivity contribution in [1.29, 1.82) is 0 Å². The standard InChI is InChI=1S/C20H29NO.ClH/c1-14(21-13-18-4-2-3-5-19(18)22)9-20-10-15-6-16(11-20)8-17(7-15)12-20;/h2-5,14-17,21-22H,6-13H2,1H3;1H. The van der Waals surface area contributed by atoms with Crippen molar-refractivity contribution in [1.82, 2.24) is 5.32 Å². The number of nitrogens with one attached hydrogen (secondary N) is 1. The molecule has 0 aliphatic heterocycles. The van der Waals surface area contributed by atoms with Crippen molar-refractivity contribution < 1.29 is 5.11 Å². The summed E-state index contributed by atoms with van der Waals surface area (Å²) in [7, 11) is 0. The lowest BCUT2D eigenvalue weighted by atomic mass is 9.48. The summed E-state index contributed by atoms with van der Waals surface area (Å²) in [5.74, 6) is 3.53. The fraction of sp³-hybridized carbons (Fsp3) is 0.700. The van der Waals surface area contributed by atoms with Crippen LogP contribution in [-0.2, 0) is 6.54 Å². The van der Waals surface area contributed by atoms with Gasteiger partial charge in [-0.3, -0.25) is 0 Å². The van der Waals surface area contributed by atoms with Gasteiger partial charge in [-0.1, -0.05) is 18.2 Å². The third-order valence-electron chi connectivity index (χ3n) is 6.54. The lowest BCUT2D eigenvalue weighted by Gasteiger charge is -2.57. The first-order valence-electron chi connectivity index (χ1n) is 9.12. The second-order valence-corrected chi connectivity index (χ2v) is 8.53. The van der Waals surface area contributed by atoms with Gasteiger partial charge in [-0.15, -0.1) is 12.4 Å². The van der Waals surface area contributed by atoms with Gasteiger partial charge in [-0.05, 0) is 81.1 Å². The molecule has 4 saturated carbocycles. The van der Waals surface area contributed by atoms with Crippen LogP contribution in [0.2, 0.25) is 0 Å². The van der Waals surface area contributed by atoms with E-state index < -0.39 is 0 Å². The molecular weight excluding hydrogens is 306 g/mol. The first kappa shape index (κ1) is 17.1. The van der Waals surface area contributed by atoms with Crippen LogP contribution in [0.5, 0.6) is 5.75 Å². The Morgan fingerprint density at radius 1 is 1.09 bits per heavy atom. The van der Waals surface area contributed by atoms with Gasteiger partial charge in [-0.2, -0.15) is 0 Å². The highest BCUT2D eigenvalue weighted by Gasteiger charge is 2.50. The van der Waals surface area contributed by atoms with Crippen LogP contribution in [0, 0.1) is 23.2 Å². The van der Waals surface area contributed by atoms with Crippen LogP contribution < -0.4 is 5.32 Å². The molecule has 2 nitrogen and oxygen atoms in total. The third kappa shape index (κ3) is 3.53. The normalized spacial score (nSPS) is 35.8. The minimum absolute atomic E-state index is 0. The van der Waals surface area contributed by atoms with E-state index in [2.05, 4.69) is 12.2 Å². The van der Waals surface area contributed by atoms with Crippen LogP contribution in [0.1, 0.15) is 57.4 Å². The maximum atomic E-state index is 9.89. The number of benzene rings is 1. The first-order valence-corrected chi connectivity index (χ1v) is 9.12. The molecule has 23 heavy (non-hydrogen) atoms. The highest BCUT2D eigenvalue weighted by Crippen LogP contribution is 2.61. The predicted molar refractivity (Wildman–Crippen MR) is 96.9 cm³/mol. The Labute approximate surface area is 146 Å². The Balaban J connectivity index is 0.00000156. The minimum Gasteiger partial charge on any atom is -0.508 e. The summed E-state index contributed by atoms with van der Waals surface area (Å²) in [6, 6.07) is 8.22. The Morgan fingerprint density at radius 3 is 2.22 bits per heavy atom. The molecule has 2 N–H and O–H groups in total. The summed E-state index contributed by atoms with van der Waals surface area (Å²) in [4.78, 5) is 0. The number of hydrogen-bond donors (Lipinski definition) is 2. The molecule has 0 heterocycles. The van der Waals surface area contributed by atoms with E-state index in [1.54, 1.807) is 6.07 Å². The van der Waals surface area contributed by atoms with Gasteiger partial charge in [0.2, 0.25) is 0 Å². The number of rotatable bonds is 5. The molecule has 0 amide bonds. The molecular formula is C20H30ClNO. The number of aromatic hydroxyl groups is 1. The largest absolute Gasteiger partial charge is 0.508 e. The van der Waals surface area contributed by atoms with Crippen molar-refractivity contribution in [2.75, 3.05) is 0 Å². The Morgan fingerprint density at radius 2 is 1.65 bits per heavy atom. The molecule has 1 atom stereocenters. The lowest BCUT2D eigenvalue weighted by Crippen LogP contribution is -2.48. The van der Waals surface area contributed by atoms with E-state index in [1.807, 2.05) is 18.2 Å². The van der Waals surface area contributed by atoms with Crippen LogP contribution >= 0.6 is 12.4 Å². The van der Waals surface area contributed by atoms with E-state index in [0.717, 1.165) is 29.9 Å². The van der Waals surface area contributed by atoms with Crippen LogP contribution in [-0.4, -0.2) is 11.1 Å². The van der Waals surface area contributed by atoms with Crippen molar-refractivity contribution in [3.05, 3.63) is 29.8 Å². The summed E-state index contributed by atoms with van der Waals surface area (Å²) in [6.45, 7) is 3.11. The number of hydrogen-bond acceptors (Lipinski definition) is 2. The quantitative estimate of drug-likeness (QED) is 0.802. The first-order chi connectivity index (χ1) is 10.6. The van der Waals surface area contributed by atoms with Crippen molar-refractivity contribution in [3.63, 3.8) is 0 Å². The van der Waals surface area contributed by atoms with Crippen LogP contribution in [0.25, 0.3) is 0 Å². The molecule has 1 aromatic carbocycles. The molecule has 0 aromatic heterocycles. The monoisotopic (exact) mass is 335 g/mol. The van der Waals surface area contributed by atoms with Gasteiger partial charge in [0.15, 0.2) is 0 Å². The molecule has 0 spiro atoms. The zero-order chi connectivity index (χ0) is 15.2. The number of halogens is 1. The van der Waals surface area contributed by atoms with Crippen LogP contribution in [0.3, 0.4) is 0 Å². The topological polar surface area (TPSA) is 32.3 Å². The maximum absolute atomic E-state index is 9.89. The van der Waals surface area contributed by atoms with E-state index >= 15 is 0 Å². The SMILES string of the molecule is CC(CC12CC3CC(CC(C3)C1)C2)NCc1ccccc1O.Cl. The molecule has 1 aromatic rings. The summed E-state index contributed by atoms with van der Waals surface area (Å²) < 4.78 is 0. The average molecular weight is 336 g/mol. The van der Waals surface area contributed by atoms with E-state index in [4.69, 9.17) is 0 Å². The van der Waals surface area contributed by atoms with Gasteiger partial charge in [0.05, 0.1) is 0 Å². The highest BCUT2D eigenvalue weighted by molar-refractivity contribution is 5.85. The number of para-hydroxylation sites is 1. The summed E-state index contributed by atoms with van der Waals surface area (Å²) in [6.07, 6.45) is 10.4.